The quantitative estimate of drug-likeness (QED) is 0.227. The Labute approximate surface area is 175 Å². The van der Waals surface area contributed by atoms with Crippen molar-refractivity contribution in [3.8, 4) is 0 Å². The van der Waals surface area contributed by atoms with Gasteiger partial charge in [0.05, 0.1) is 13.2 Å². The zero-order chi connectivity index (χ0) is 19.3. The first-order valence-corrected chi connectivity index (χ1v) is 15.2. The molecular weight excluding hydrogens is 390 g/mol. The van der Waals surface area contributed by atoms with Crippen molar-refractivity contribution in [2.75, 3.05) is 26.4 Å². The van der Waals surface area contributed by atoms with Crippen LogP contribution in [0.25, 0.3) is 0 Å². The molecule has 1 heterocycles. The van der Waals surface area contributed by atoms with Crippen LogP contribution < -0.4 is 0 Å². The molecule has 0 aromatic heterocycles. The molecule has 0 aromatic rings. The van der Waals surface area contributed by atoms with Crippen molar-refractivity contribution in [2.24, 2.45) is 0 Å². The van der Waals surface area contributed by atoms with Gasteiger partial charge in [-0.2, -0.15) is 0 Å². The summed E-state index contributed by atoms with van der Waals surface area (Å²) in [5.74, 6) is -1.16. The molecular formula is C20H45NO5Si2. The smallest absolute Gasteiger partial charge is 0.347 e. The molecule has 1 unspecified atom stereocenters. The molecule has 1 saturated heterocycles. The first kappa shape index (κ1) is 31.7. The van der Waals surface area contributed by atoms with Crippen LogP contribution in [0.2, 0.25) is 38.3 Å². The van der Waals surface area contributed by atoms with Crippen LogP contribution in [0.4, 0.5) is 0 Å². The average molecular weight is 436 g/mol. The van der Waals surface area contributed by atoms with Crippen LogP contribution in [0.15, 0.2) is 12.2 Å². The average Bonchev–Trinajstić information content (AvgIpc) is 2.71. The van der Waals surface area contributed by atoms with Crippen LogP contribution in [0, 0.1) is 0 Å². The highest BCUT2D eigenvalue weighted by Gasteiger charge is 2.46. The Morgan fingerprint density at radius 3 is 1.96 bits per heavy atom. The Bertz CT molecular complexity index is 493. The van der Waals surface area contributed by atoms with E-state index in [2.05, 4.69) is 37.0 Å². The maximum absolute atomic E-state index is 11.7. The summed E-state index contributed by atoms with van der Waals surface area (Å²) in [5.41, 5.74) is 0.253. The van der Waals surface area contributed by atoms with E-state index in [9.17, 15) is 9.59 Å². The standard InChI is InChI=1S/C17H33NO5Si2.3CH4/c1-14(2)16(19)23-15(3)17(20)22-11-10-21-9-8-18-24(4,5)12-13-25(18,6)7;;;/h15H,1,8-13H2,2-7H3;3*1H4. The summed E-state index contributed by atoms with van der Waals surface area (Å²) in [4.78, 5) is 23.1. The summed E-state index contributed by atoms with van der Waals surface area (Å²) in [7, 11) is -2.51. The third-order valence-electron chi connectivity index (χ3n) is 4.71. The topological polar surface area (TPSA) is 65.1 Å². The molecule has 1 fully saturated rings. The highest BCUT2D eigenvalue weighted by Crippen LogP contribution is 2.36. The van der Waals surface area contributed by atoms with E-state index < -0.39 is 34.5 Å². The first-order valence-electron chi connectivity index (χ1n) is 8.86. The molecule has 6 nitrogen and oxygen atoms in total. The zero-order valence-corrected chi connectivity index (χ0v) is 18.5. The lowest BCUT2D eigenvalue weighted by atomic mass is 10.3. The molecule has 0 bridgehead atoms. The maximum Gasteiger partial charge on any atom is 0.347 e. The van der Waals surface area contributed by atoms with E-state index in [0.717, 1.165) is 6.54 Å². The predicted molar refractivity (Wildman–Crippen MR) is 124 cm³/mol. The molecule has 1 aliphatic rings. The summed E-state index contributed by atoms with van der Waals surface area (Å²) < 4.78 is 18.4. The molecule has 1 atom stereocenters. The molecule has 0 saturated carbocycles. The minimum Gasteiger partial charge on any atom is -0.461 e. The van der Waals surface area contributed by atoms with E-state index in [1.54, 1.807) is 0 Å². The minimum atomic E-state index is -1.26. The van der Waals surface area contributed by atoms with Gasteiger partial charge in [0.2, 0.25) is 0 Å². The van der Waals surface area contributed by atoms with Crippen molar-refractivity contribution in [2.45, 2.75) is 80.5 Å². The van der Waals surface area contributed by atoms with Crippen LogP contribution in [-0.2, 0) is 23.8 Å². The van der Waals surface area contributed by atoms with Crippen molar-refractivity contribution in [3.63, 3.8) is 0 Å². The molecule has 0 aromatic carbocycles. The van der Waals surface area contributed by atoms with Gasteiger partial charge in [-0.15, -0.1) is 0 Å². The second kappa shape index (κ2) is 13.3. The minimum absolute atomic E-state index is 0. The molecule has 0 radical (unpaired) electrons. The molecule has 0 aliphatic carbocycles. The van der Waals surface area contributed by atoms with Gasteiger partial charge in [0.25, 0.3) is 0 Å². The summed E-state index contributed by atoms with van der Waals surface area (Å²) in [6, 6.07) is 2.76. The van der Waals surface area contributed by atoms with E-state index >= 15 is 0 Å². The van der Waals surface area contributed by atoms with E-state index in [0.29, 0.717) is 13.2 Å². The Morgan fingerprint density at radius 1 is 1.00 bits per heavy atom. The van der Waals surface area contributed by atoms with Crippen LogP contribution >= 0.6 is 0 Å². The Kier molecular flexibility index (Phi) is 15.1. The molecule has 0 amide bonds. The number of nitrogens with zero attached hydrogens (tertiary/aromatic N) is 1. The van der Waals surface area contributed by atoms with Crippen LogP contribution in [0.1, 0.15) is 36.1 Å². The zero-order valence-electron chi connectivity index (χ0n) is 16.5. The van der Waals surface area contributed by atoms with E-state index in [4.69, 9.17) is 14.2 Å². The van der Waals surface area contributed by atoms with Crippen LogP contribution in [0.3, 0.4) is 0 Å². The summed E-state index contributed by atoms with van der Waals surface area (Å²) >= 11 is 0. The second-order valence-corrected chi connectivity index (χ2v) is 17.7. The van der Waals surface area contributed by atoms with E-state index in [1.165, 1.54) is 25.9 Å². The molecule has 8 heteroatoms. The van der Waals surface area contributed by atoms with Crippen LogP contribution in [-0.4, -0.2) is 65.1 Å². The third kappa shape index (κ3) is 9.49. The van der Waals surface area contributed by atoms with Gasteiger partial charge in [0.1, 0.15) is 23.1 Å². The lowest BCUT2D eigenvalue weighted by molar-refractivity contribution is -0.165. The number of carbonyl (C=O) groups excluding carboxylic acids is 2. The number of rotatable bonds is 9. The molecule has 1 aliphatic heterocycles. The lowest BCUT2D eigenvalue weighted by Gasteiger charge is -2.38. The Balaban J connectivity index is -0.00000208. The lowest BCUT2D eigenvalue weighted by Crippen LogP contribution is -2.55. The fraction of sp³-hybridized carbons (Fsp3) is 0.800. The van der Waals surface area contributed by atoms with Gasteiger partial charge in [-0.1, -0.05) is 55.0 Å². The van der Waals surface area contributed by atoms with E-state index in [-0.39, 0.29) is 34.5 Å². The monoisotopic (exact) mass is 435 g/mol. The largest absolute Gasteiger partial charge is 0.461 e. The van der Waals surface area contributed by atoms with Gasteiger partial charge < -0.3 is 18.4 Å². The summed E-state index contributed by atoms with van der Waals surface area (Å²) in [6.45, 7) is 18.4. The Hall–Kier alpha value is -0.966. The van der Waals surface area contributed by atoms with Crippen molar-refractivity contribution >= 4 is 28.4 Å². The van der Waals surface area contributed by atoms with Gasteiger partial charge in [-0.05, 0) is 25.9 Å². The van der Waals surface area contributed by atoms with Crippen molar-refractivity contribution in [1.82, 2.24) is 4.23 Å². The first-order chi connectivity index (χ1) is 11.5. The van der Waals surface area contributed by atoms with Gasteiger partial charge >= 0.3 is 11.9 Å². The number of hydrogen-bond acceptors (Lipinski definition) is 6. The van der Waals surface area contributed by atoms with Gasteiger partial charge in [-0.25, -0.2) is 9.59 Å². The number of hydrogen-bond donors (Lipinski definition) is 0. The van der Waals surface area contributed by atoms with Gasteiger partial charge in [-0.3, -0.25) is 0 Å². The van der Waals surface area contributed by atoms with Crippen molar-refractivity contribution < 1.29 is 23.8 Å². The Morgan fingerprint density at radius 2 is 1.50 bits per heavy atom. The van der Waals surface area contributed by atoms with Crippen molar-refractivity contribution in [3.05, 3.63) is 12.2 Å². The van der Waals surface area contributed by atoms with Crippen molar-refractivity contribution in [1.29, 1.82) is 0 Å². The normalized spacial score (nSPS) is 17.9. The maximum atomic E-state index is 11.7. The number of carbonyl (C=O) groups is 2. The summed E-state index contributed by atoms with van der Waals surface area (Å²) in [6.07, 6.45) is -0.938. The molecule has 1 rings (SSSR count). The molecule has 28 heavy (non-hydrogen) atoms. The fourth-order valence-corrected chi connectivity index (χ4v) is 17.2. The highest BCUT2D eigenvalue weighted by atomic mass is 28.4. The molecule has 0 spiro atoms. The van der Waals surface area contributed by atoms with Crippen LogP contribution in [0.5, 0.6) is 0 Å². The van der Waals surface area contributed by atoms with Gasteiger partial charge in [0.15, 0.2) is 6.10 Å². The molecule has 0 N–H and O–H groups in total. The van der Waals surface area contributed by atoms with Gasteiger partial charge in [0, 0.05) is 12.1 Å². The van der Waals surface area contributed by atoms with E-state index in [1.807, 2.05) is 0 Å². The number of esters is 2. The molecule has 168 valence electrons. The summed E-state index contributed by atoms with van der Waals surface area (Å²) in [5, 5.41) is 0. The fourth-order valence-electron chi connectivity index (χ4n) is 3.19. The highest BCUT2D eigenvalue weighted by molar-refractivity contribution is 6.95. The second-order valence-electron chi connectivity index (χ2n) is 7.88. The SMILES string of the molecule is C.C.C.C=C(C)C(=O)OC(C)C(=O)OCCOCCN1[Si](C)(C)CC[Si]1(C)C. The third-order valence-corrected chi connectivity index (χ3v) is 15.2. The number of ether oxygens (including phenoxy) is 3. The predicted octanol–water partition coefficient (Wildman–Crippen LogP) is 4.69.